The summed E-state index contributed by atoms with van der Waals surface area (Å²) < 4.78 is 0. The number of thiophene rings is 1. The monoisotopic (exact) mass is 381 g/mol. The number of carbonyl (C=O) groups is 1. The van der Waals surface area contributed by atoms with Gasteiger partial charge in [0.05, 0.1) is 11.9 Å². The van der Waals surface area contributed by atoms with E-state index in [-0.39, 0.29) is 5.91 Å². The van der Waals surface area contributed by atoms with Crippen LogP contribution in [0.15, 0.2) is 42.7 Å². The highest BCUT2D eigenvalue weighted by molar-refractivity contribution is 7.21. The van der Waals surface area contributed by atoms with Crippen LogP contribution in [0, 0.1) is 0 Å². The van der Waals surface area contributed by atoms with E-state index in [0.29, 0.717) is 6.54 Å². The third-order valence-electron chi connectivity index (χ3n) is 4.90. The first-order chi connectivity index (χ1) is 13.1. The van der Waals surface area contributed by atoms with Crippen LogP contribution in [0.3, 0.4) is 0 Å². The minimum Gasteiger partial charge on any atom is -0.353 e. The number of amides is 1. The van der Waals surface area contributed by atoms with E-state index in [0.717, 1.165) is 42.2 Å². The third-order valence-corrected chi connectivity index (χ3v) is 5.99. The molecule has 2 aromatic heterocycles. The number of carbonyl (C=O) groups excluding carboxylic acids is 1. The molecule has 6 nitrogen and oxygen atoms in total. The van der Waals surface area contributed by atoms with E-state index < -0.39 is 0 Å². The van der Waals surface area contributed by atoms with Gasteiger partial charge in [-0.15, -0.1) is 11.3 Å². The van der Waals surface area contributed by atoms with Crippen LogP contribution < -0.4 is 4.90 Å². The Kier molecular flexibility index (Phi) is 5.05. The van der Waals surface area contributed by atoms with Gasteiger partial charge in [-0.05, 0) is 11.6 Å². The fourth-order valence-corrected chi connectivity index (χ4v) is 4.29. The number of piperazine rings is 1. The molecule has 3 heterocycles. The van der Waals surface area contributed by atoms with Crippen molar-refractivity contribution in [3.8, 4) is 10.4 Å². The summed E-state index contributed by atoms with van der Waals surface area (Å²) in [7, 11) is 3.61. The molecule has 140 valence electrons. The molecule has 0 saturated carbocycles. The summed E-state index contributed by atoms with van der Waals surface area (Å²) in [5.41, 5.74) is 1.21. The fraction of sp³-hybridized carbons (Fsp3) is 0.350. The van der Waals surface area contributed by atoms with E-state index in [1.54, 1.807) is 36.7 Å². The second-order valence-electron chi connectivity index (χ2n) is 6.94. The van der Waals surface area contributed by atoms with Crippen molar-refractivity contribution < 1.29 is 4.79 Å². The van der Waals surface area contributed by atoms with Crippen molar-refractivity contribution in [2.75, 3.05) is 51.7 Å². The maximum absolute atomic E-state index is 11.9. The quantitative estimate of drug-likeness (QED) is 0.695. The van der Waals surface area contributed by atoms with Crippen molar-refractivity contribution in [2.45, 2.75) is 0 Å². The van der Waals surface area contributed by atoms with Crippen LogP contribution in [0.1, 0.15) is 0 Å². The van der Waals surface area contributed by atoms with Gasteiger partial charge in [-0.1, -0.05) is 30.3 Å². The average molecular weight is 382 g/mol. The van der Waals surface area contributed by atoms with Crippen LogP contribution >= 0.6 is 11.3 Å². The van der Waals surface area contributed by atoms with Gasteiger partial charge < -0.3 is 9.80 Å². The van der Waals surface area contributed by atoms with Gasteiger partial charge in [-0.3, -0.25) is 9.69 Å². The van der Waals surface area contributed by atoms with Gasteiger partial charge >= 0.3 is 0 Å². The van der Waals surface area contributed by atoms with Gasteiger partial charge in [-0.2, -0.15) is 0 Å². The number of aromatic nitrogens is 2. The molecule has 1 saturated heterocycles. The van der Waals surface area contributed by atoms with Crippen molar-refractivity contribution in [3.05, 3.63) is 42.7 Å². The molecule has 0 aliphatic carbocycles. The second-order valence-corrected chi connectivity index (χ2v) is 7.97. The highest BCUT2D eigenvalue weighted by Crippen LogP contribution is 2.36. The predicted octanol–water partition coefficient (Wildman–Crippen LogP) is 2.57. The standard InChI is InChI=1S/C20H23N5OS/c1-23(2)18(26)13-24-8-10-25(11-9-24)19-16-12-17(15-6-4-3-5-7-15)27-20(16)22-14-21-19/h3-7,12,14H,8-11,13H2,1-2H3. The summed E-state index contributed by atoms with van der Waals surface area (Å²) in [6.45, 7) is 3.94. The first kappa shape index (κ1) is 17.9. The lowest BCUT2D eigenvalue weighted by Gasteiger charge is -2.35. The lowest BCUT2D eigenvalue weighted by molar-refractivity contribution is -0.129. The zero-order chi connectivity index (χ0) is 18.8. The minimum atomic E-state index is 0.151. The first-order valence-electron chi connectivity index (χ1n) is 9.09. The second kappa shape index (κ2) is 7.62. The lowest BCUT2D eigenvalue weighted by atomic mass is 10.2. The molecular weight excluding hydrogens is 358 g/mol. The number of likely N-dealkylation sites (N-methyl/N-ethyl adjacent to an activating group) is 1. The number of benzene rings is 1. The number of fused-ring (bicyclic) bond motifs is 1. The highest BCUT2D eigenvalue weighted by Gasteiger charge is 2.22. The van der Waals surface area contributed by atoms with Crippen LogP contribution in [0.2, 0.25) is 0 Å². The summed E-state index contributed by atoms with van der Waals surface area (Å²) in [6, 6.07) is 12.6. The molecule has 4 rings (SSSR count). The Balaban J connectivity index is 1.53. The van der Waals surface area contributed by atoms with Gasteiger partial charge in [0.25, 0.3) is 0 Å². The Labute approximate surface area is 163 Å². The van der Waals surface area contributed by atoms with Gasteiger partial charge in [-0.25, -0.2) is 9.97 Å². The van der Waals surface area contributed by atoms with Gasteiger partial charge in [0.2, 0.25) is 5.91 Å². The molecule has 1 amide bonds. The zero-order valence-corrected chi connectivity index (χ0v) is 16.4. The minimum absolute atomic E-state index is 0.151. The molecule has 27 heavy (non-hydrogen) atoms. The molecule has 0 bridgehead atoms. The molecule has 1 aliphatic rings. The van der Waals surface area contributed by atoms with E-state index in [1.165, 1.54) is 10.4 Å². The Morgan fingerprint density at radius 3 is 2.56 bits per heavy atom. The topological polar surface area (TPSA) is 52.6 Å². The summed E-state index contributed by atoms with van der Waals surface area (Å²) >= 11 is 1.70. The van der Waals surface area contributed by atoms with E-state index in [2.05, 4.69) is 50.1 Å². The molecule has 0 N–H and O–H groups in total. The molecule has 1 aromatic carbocycles. The molecule has 1 aliphatic heterocycles. The smallest absolute Gasteiger partial charge is 0.236 e. The van der Waals surface area contributed by atoms with Gasteiger partial charge in [0.15, 0.2) is 0 Å². The molecular formula is C20H23N5OS. The summed E-state index contributed by atoms with van der Waals surface area (Å²) in [5.74, 6) is 1.15. The van der Waals surface area contributed by atoms with Crippen LogP contribution in [0.4, 0.5) is 5.82 Å². The Morgan fingerprint density at radius 2 is 1.85 bits per heavy atom. The highest BCUT2D eigenvalue weighted by atomic mass is 32.1. The van der Waals surface area contributed by atoms with Crippen molar-refractivity contribution in [1.82, 2.24) is 19.8 Å². The molecule has 3 aromatic rings. The Hall–Kier alpha value is -2.51. The summed E-state index contributed by atoms with van der Waals surface area (Å²) in [4.78, 5) is 29.4. The van der Waals surface area contributed by atoms with Gasteiger partial charge in [0, 0.05) is 45.2 Å². The summed E-state index contributed by atoms with van der Waals surface area (Å²) in [5, 5.41) is 1.11. The Bertz CT molecular complexity index is 932. The van der Waals surface area contributed by atoms with E-state index in [1.807, 2.05) is 6.07 Å². The molecule has 7 heteroatoms. The van der Waals surface area contributed by atoms with Crippen LogP contribution in [0.5, 0.6) is 0 Å². The normalized spacial score (nSPS) is 15.3. The average Bonchev–Trinajstić information content (AvgIpc) is 3.13. The maximum atomic E-state index is 11.9. The number of hydrogen-bond acceptors (Lipinski definition) is 6. The lowest BCUT2D eigenvalue weighted by Crippen LogP contribution is -2.49. The van der Waals surface area contributed by atoms with Crippen molar-refractivity contribution in [2.24, 2.45) is 0 Å². The molecule has 0 spiro atoms. The SMILES string of the molecule is CN(C)C(=O)CN1CCN(c2ncnc3sc(-c4ccccc4)cc23)CC1. The number of rotatable bonds is 4. The molecule has 0 atom stereocenters. The van der Waals surface area contributed by atoms with Crippen molar-refractivity contribution in [1.29, 1.82) is 0 Å². The largest absolute Gasteiger partial charge is 0.353 e. The van der Waals surface area contributed by atoms with Crippen molar-refractivity contribution in [3.63, 3.8) is 0 Å². The maximum Gasteiger partial charge on any atom is 0.236 e. The van der Waals surface area contributed by atoms with Crippen LogP contribution in [-0.2, 0) is 4.79 Å². The van der Waals surface area contributed by atoms with Crippen LogP contribution in [0.25, 0.3) is 20.7 Å². The zero-order valence-electron chi connectivity index (χ0n) is 15.6. The van der Waals surface area contributed by atoms with Gasteiger partial charge in [0.1, 0.15) is 17.0 Å². The Morgan fingerprint density at radius 1 is 1.11 bits per heavy atom. The van der Waals surface area contributed by atoms with E-state index in [4.69, 9.17) is 0 Å². The van der Waals surface area contributed by atoms with E-state index >= 15 is 0 Å². The fourth-order valence-electron chi connectivity index (χ4n) is 3.29. The molecule has 1 fully saturated rings. The molecule has 0 radical (unpaired) electrons. The van der Waals surface area contributed by atoms with Crippen molar-refractivity contribution >= 4 is 33.3 Å². The first-order valence-corrected chi connectivity index (χ1v) is 9.91. The summed E-state index contributed by atoms with van der Waals surface area (Å²) in [6.07, 6.45) is 1.66. The number of hydrogen-bond donors (Lipinski definition) is 0. The number of nitrogens with zero attached hydrogens (tertiary/aromatic N) is 5. The molecule has 0 unspecified atom stereocenters. The van der Waals surface area contributed by atoms with Crippen LogP contribution in [-0.4, -0.2) is 72.5 Å². The third kappa shape index (κ3) is 3.79. The van der Waals surface area contributed by atoms with E-state index in [9.17, 15) is 4.79 Å². The predicted molar refractivity (Wildman–Crippen MR) is 110 cm³/mol. The number of anilines is 1.